The van der Waals surface area contributed by atoms with Gasteiger partial charge in [0.05, 0.1) is 0 Å². The summed E-state index contributed by atoms with van der Waals surface area (Å²) < 4.78 is 5.49. The van der Waals surface area contributed by atoms with E-state index in [4.69, 9.17) is 4.74 Å². The van der Waals surface area contributed by atoms with Crippen LogP contribution in [0.5, 0.6) is 0 Å². The molecule has 0 bridgehead atoms. The van der Waals surface area contributed by atoms with Crippen LogP contribution in [-0.4, -0.2) is 47.5 Å². The minimum absolute atomic E-state index is 0.137. The van der Waals surface area contributed by atoms with Gasteiger partial charge in [-0.25, -0.2) is 4.79 Å². The summed E-state index contributed by atoms with van der Waals surface area (Å²) >= 11 is 0. The summed E-state index contributed by atoms with van der Waals surface area (Å²) in [6.07, 6.45) is 8.31. The van der Waals surface area contributed by atoms with E-state index < -0.39 is 23.8 Å². The van der Waals surface area contributed by atoms with Gasteiger partial charge < -0.3 is 20.3 Å². The van der Waals surface area contributed by atoms with Crippen LogP contribution in [0, 0.1) is 5.92 Å². The number of hydrogen-bond acceptors (Lipinski definition) is 4. The second kappa shape index (κ2) is 17.8. The van der Waals surface area contributed by atoms with E-state index in [2.05, 4.69) is 24.5 Å². The van der Waals surface area contributed by atoms with Crippen molar-refractivity contribution in [1.29, 1.82) is 0 Å². The van der Waals surface area contributed by atoms with Crippen molar-refractivity contribution in [3.05, 3.63) is 35.9 Å². The molecule has 0 aliphatic carbocycles. The van der Waals surface area contributed by atoms with Crippen molar-refractivity contribution in [3.63, 3.8) is 0 Å². The standard InChI is InChI=1S/C31H53N3O4/c1-8-11-13-14-15-19-23-34(27(25-20-17-16-18-21-25)28(35)32-22-12-9-2)29(36)26(24(4)10-3)33-30(37)38-31(5,6)7/h16-18,20-21,24,26-27H,8-15,19,22-23H2,1-7H3,(H,32,35)(H,33,37). The van der Waals surface area contributed by atoms with Crippen molar-refractivity contribution in [2.45, 2.75) is 124 Å². The summed E-state index contributed by atoms with van der Waals surface area (Å²) in [5.41, 5.74) is 0.0813. The molecule has 0 spiro atoms. The molecular formula is C31H53N3O4. The van der Waals surface area contributed by atoms with Crippen LogP contribution in [0.2, 0.25) is 0 Å². The maximum Gasteiger partial charge on any atom is 0.408 e. The van der Waals surface area contributed by atoms with Crippen molar-refractivity contribution >= 4 is 17.9 Å². The first-order chi connectivity index (χ1) is 18.1. The van der Waals surface area contributed by atoms with Gasteiger partial charge in [0.1, 0.15) is 17.7 Å². The first-order valence-electron chi connectivity index (χ1n) is 14.7. The van der Waals surface area contributed by atoms with Gasteiger partial charge in [0, 0.05) is 13.1 Å². The van der Waals surface area contributed by atoms with E-state index in [0.717, 1.165) is 37.7 Å². The third-order valence-corrected chi connectivity index (χ3v) is 6.69. The lowest BCUT2D eigenvalue weighted by Gasteiger charge is -2.36. The summed E-state index contributed by atoms with van der Waals surface area (Å²) in [6.45, 7) is 14.6. The van der Waals surface area contributed by atoms with E-state index in [0.29, 0.717) is 19.5 Å². The monoisotopic (exact) mass is 531 g/mol. The van der Waals surface area contributed by atoms with Gasteiger partial charge in [-0.05, 0) is 45.1 Å². The Balaban J connectivity index is 3.35. The SMILES string of the molecule is CCCCCCCCN(C(=O)C(NC(=O)OC(C)(C)C)C(C)CC)C(C(=O)NCCCC)c1ccccc1. The van der Waals surface area contributed by atoms with Crippen LogP contribution in [0.4, 0.5) is 4.79 Å². The van der Waals surface area contributed by atoms with E-state index >= 15 is 0 Å². The molecule has 1 aromatic carbocycles. The van der Waals surface area contributed by atoms with Crippen molar-refractivity contribution in [1.82, 2.24) is 15.5 Å². The summed E-state index contributed by atoms with van der Waals surface area (Å²) in [7, 11) is 0. The molecule has 0 fully saturated rings. The zero-order valence-corrected chi connectivity index (χ0v) is 25.0. The second-order valence-corrected chi connectivity index (χ2v) is 11.3. The van der Waals surface area contributed by atoms with Crippen LogP contribution < -0.4 is 10.6 Å². The van der Waals surface area contributed by atoms with Crippen LogP contribution in [0.1, 0.15) is 118 Å². The molecule has 38 heavy (non-hydrogen) atoms. The highest BCUT2D eigenvalue weighted by molar-refractivity contribution is 5.92. The third-order valence-electron chi connectivity index (χ3n) is 6.69. The van der Waals surface area contributed by atoms with Crippen LogP contribution in [0.15, 0.2) is 30.3 Å². The predicted molar refractivity (Wildman–Crippen MR) is 155 cm³/mol. The zero-order chi connectivity index (χ0) is 28.6. The number of unbranched alkanes of at least 4 members (excludes halogenated alkanes) is 6. The number of benzene rings is 1. The smallest absolute Gasteiger partial charge is 0.408 e. The fourth-order valence-electron chi connectivity index (χ4n) is 4.32. The largest absolute Gasteiger partial charge is 0.444 e. The molecule has 3 amide bonds. The fraction of sp³-hybridized carbons (Fsp3) is 0.710. The number of rotatable bonds is 17. The van der Waals surface area contributed by atoms with E-state index in [1.165, 1.54) is 19.3 Å². The highest BCUT2D eigenvalue weighted by Gasteiger charge is 2.37. The lowest BCUT2D eigenvalue weighted by atomic mass is 9.95. The minimum atomic E-state index is -0.801. The summed E-state index contributed by atoms with van der Waals surface area (Å²) in [5, 5.41) is 5.88. The Hall–Kier alpha value is -2.57. The molecule has 2 N–H and O–H groups in total. The number of carbonyl (C=O) groups excluding carboxylic acids is 3. The Morgan fingerprint density at radius 3 is 2.08 bits per heavy atom. The number of nitrogens with one attached hydrogen (secondary N) is 2. The zero-order valence-electron chi connectivity index (χ0n) is 25.0. The molecule has 7 nitrogen and oxygen atoms in total. The average molecular weight is 532 g/mol. The van der Waals surface area contributed by atoms with Gasteiger partial charge in [0.25, 0.3) is 0 Å². The Morgan fingerprint density at radius 2 is 1.50 bits per heavy atom. The normalized spacial score (nSPS) is 13.8. The van der Waals surface area contributed by atoms with E-state index in [-0.39, 0.29) is 17.7 Å². The summed E-state index contributed by atoms with van der Waals surface area (Å²) in [6, 6.07) is 7.89. The lowest BCUT2D eigenvalue weighted by molar-refractivity contribution is -0.143. The molecule has 0 saturated carbocycles. The molecule has 1 rings (SSSR count). The lowest BCUT2D eigenvalue weighted by Crippen LogP contribution is -2.55. The van der Waals surface area contributed by atoms with Gasteiger partial charge in [-0.3, -0.25) is 9.59 Å². The molecule has 0 heterocycles. The van der Waals surface area contributed by atoms with Crippen molar-refractivity contribution in [3.8, 4) is 0 Å². The Kier molecular flexibility index (Phi) is 15.7. The first-order valence-corrected chi connectivity index (χ1v) is 14.7. The number of hydrogen-bond donors (Lipinski definition) is 2. The third kappa shape index (κ3) is 12.3. The predicted octanol–water partition coefficient (Wildman–Crippen LogP) is 6.77. The van der Waals surface area contributed by atoms with Crippen molar-refractivity contribution in [2.75, 3.05) is 13.1 Å². The highest BCUT2D eigenvalue weighted by Crippen LogP contribution is 2.25. The van der Waals surface area contributed by atoms with Crippen molar-refractivity contribution in [2.24, 2.45) is 5.92 Å². The number of amides is 3. The van der Waals surface area contributed by atoms with Crippen LogP contribution in [-0.2, 0) is 14.3 Å². The molecule has 3 atom stereocenters. The number of ether oxygens (including phenoxy) is 1. The second-order valence-electron chi connectivity index (χ2n) is 11.3. The Morgan fingerprint density at radius 1 is 0.895 bits per heavy atom. The minimum Gasteiger partial charge on any atom is -0.444 e. The fourth-order valence-corrected chi connectivity index (χ4v) is 4.32. The maximum absolute atomic E-state index is 14.2. The van der Waals surface area contributed by atoms with Crippen molar-refractivity contribution < 1.29 is 19.1 Å². The molecule has 216 valence electrons. The van der Waals surface area contributed by atoms with Gasteiger partial charge in [0.15, 0.2) is 0 Å². The van der Waals surface area contributed by atoms with Crippen LogP contribution in [0.3, 0.4) is 0 Å². The quantitative estimate of drug-likeness (QED) is 0.217. The van der Waals surface area contributed by atoms with Gasteiger partial charge in [0.2, 0.25) is 11.8 Å². The highest BCUT2D eigenvalue weighted by atomic mass is 16.6. The molecule has 0 aliphatic rings. The molecule has 0 aliphatic heterocycles. The molecule has 0 radical (unpaired) electrons. The van der Waals surface area contributed by atoms with Gasteiger partial charge >= 0.3 is 6.09 Å². The van der Waals surface area contributed by atoms with Crippen LogP contribution in [0.25, 0.3) is 0 Å². The molecule has 0 saturated heterocycles. The molecule has 7 heteroatoms. The van der Waals surface area contributed by atoms with E-state index in [9.17, 15) is 14.4 Å². The summed E-state index contributed by atoms with van der Waals surface area (Å²) in [4.78, 5) is 42.3. The molecule has 0 aromatic heterocycles. The van der Waals surface area contributed by atoms with Gasteiger partial charge in [-0.1, -0.05) is 103 Å². The van der Waals surface area contributed by atoms with Gasteiger partial charge in [-0.15, -0.1) is 0 Å². The number of carbonyl (C=O) groups is 3. The van der Waals surface area contributed by atoms with Crippen LogP contribution >= 0.6 is 0 Å². The molecular weight excluding hydrogens is 478 g/mol. The summed E-state index contributed by atoms with van der Waals surface area (Å²) in [5.74, 6) is -0.580. The number of nitrogens with zero attached hydrogens (tertiary/aromatic N) is 1. The molecule has 3 unspecified atom stereocenters. The average Bonchev–Trinajstić information content (AvgIpc) is 2.87. The Bertz CT molecular complexity index is 822. The van der Waals surface area contributed by atoms with E-state index in [1.807, 2.05) is 44.2 Å². The van der Waals surface area contributed by atoms with E-state index in [1.54, 1.807) is 25.7 Å². The first kappa shape index (κ1) is 33.5. The molecule has 1 aromatic rings. The number of alkyl carbamates (subject to hydrolysis) is 1. The topological polar surface area (TPSA) is 87.7 Å². The maximum atomic E-state index is 14.2. The van der Waals surface area contributed by atoms with Gasteiger partial charge in [-0.2, -0.15) is 0 Å². The Labute approximate surface area is 231 Å².